The number of carbonyl (C=O) groups is 2. The van der Waals surface area contributed by atoms with Crippen LogP contribution in [-0.2, 0) is 16.1 Å². The van der Waals surface area contributed by atoms with Gasteiger partial charge in [0, 0.05) is 19.4 Å². The van der Waals surface area contributed by atoms with Gasteiger partial charge in [-0.15, -0.1) is 0 Å². The molecule has 0 saturated carbocycles. The van der Waals surface area contributed by atoms with Crippen LogP contribution in [0.3, 0.4) is 0 Å². The van der Waals surface area contributed by atoms with Gasteiger partial charge in [-0.2, -0.15) is 5.10 Å². The first-order chi connectivity index (χ1) is 14.8. The maximum atomic E-state index is 13.5. The van der Waals surface area contributed by atoms with Crippen molar-refractivity contribution in [2.75, 3.05) is 25.1 Å². The highest BCUT2D eigenvalue weighted by atomic mass is 16.5. The minimum absolute atomic E-state index is 0.195. The fraction of sp³-hybridized carbons (Fsp3) is 0.522. The number of anilines is 1. The lowest BCUT2D eigenvalue weighted by atomic mass is 9.92. The molecule has 1 aromatic carbocycles. The van der Waals surface area contributed by atoms with E-state index in [1.165, 1.54) is 0 Å². The number of nitrogens with zero attached hydrogens (tertiary/aromatic N) is 3. The monoisotopic (exact) mass is 426 g/mol. The fourth-order valence-electron chi connectivity index (χ4n) is 4.41. The van der Waals surface area contributed by atoms with E-state index in [2.05, 4.69) is 10.4 Å². The molecule has 1 aromatic heterocycles. The van der Waals surface area contributed by atoms with Gasteiger partial charge in [-0.25, -0.2) is 0 Å². The molecule has 4 rings (SSSR count). The van der Waals surface area contributed by atoms with Crippen LogP contribution in [0.15, 0.2) is 24.3 Å². The van der Waals surface area contributed by atoms with E-state index in [-0.39, 0.29) is 11.8 Å². The molecule has 0 bridgehead atoms. The molecule has 8 nitrogen and oxygen atoms in total. The first-order valence-corrected chi connectivity index (χ1v) is 10.9. The van der Waals surface area contributed by atoms with Crippen molar-refractivity contribution in [1.82, 2.24) is 14.7 Å². The number of fused-ring (bicyclic) bond motifs is 1. The van der Waals surface area contributed by atoms with Crippen LogP contribution < -0.4 is 10.1 Å². The number of hydrogen-bond donors (Lipinski definition) is 1. The Bertz CT molecular complexity index is 993. The number of para-hydroxylation sites is 1. The molecule has 166 valence electrons. The van der Waals surface area contributed by atoms with Gasteiger partial charge in [-0.3, -0.25) is 14.3 Å². The minimum atomic E-state index is -0.675. The number of aryl methyl sites for hydroxylation is 2. The van der Waals surface area contributed by atoms with Crippen LogP contribution in [0.5, 0.6) is 5.75 Å². The molecule has 2 aromatic rings. The second kappa shape index (κ2) is 8.34. The molecule has 3 heterocycles. The SMILES string of the molecule is CCn1nc(C)c(NC(=O)C(C)N2CC3(CCOCC3)Oc3ccccc3C2=O)c1C. The van der Waals surface area contributed by atoms with Crippen molar-refractivity contribution in [3.05, 3.63) is 41.2 Å². The molecule has 31 heavy (non-hydrogen) atoms. The molecular weight excluding hydrogens is 396 g/mol. The predicted molar refractivity (Wildman–Crippen MR) is 116 cm³/mol. The average Bonchev–Trinajstić information content (AvgIpc) is 2.98. The number of ether oxygens (including phenoxy) is 2. The summed E-state index contributed by atoms with van der Waals surface area (Å²) in [6.07, 6.45) is 1.34. The lowest BCUT2D eigenvalue weighted by Crippen LogP contribution is -2.55. The summed E-state index contributed by atoms with van der Waals surface area (Å²) in [5, 5.41) is 7.47. The Morgan fingerprint density at radius 1 is 1.26 bits per heavy atom. The Morgan fingerprint density at radius 3 is 2.65 bits per heavy atom. The Kier molecular flexibility index (Phi) is 5.75. The van der Waals surface area contributed by atoms with E-state index in [1.54, 1.807) is 17.9 Å². The van der Waals surface area contributed by atoms with Gasteiger partial charge in [-0.1, -0.05) is 12.1 Å². The van der Waals surface area contributed by atoms with Gasteiger partial charge in [0.15, 0.2) is 0 Å². The fourth-order valence-corrected chi connectivity index (χ4v) is 4.41. The third-order valence-corrected chi connectivity index (χ3v) is 6.34. The molecule has 1 N–H and O–H groups in total. The van der Waals surface area contributed by atoms with Crippen LogP contribution in [0.1, 0.15) is 48.4 Å². The highest BCUT2D eigenvalue weighted by molar-refractivity contribution is 6.03. The van der Waals surface area contributed by atoms with Crippen molar-refractivity contribution in [1.29, 1.82) is 0 Å². The molecular formula is C23H30N4O4. The quantitative estimate of drug-likeness (QED) is 0.813. The lowest BCUT2D eigenvalue weighted by Gasteiger charge is -2.40. The smallest absolute Gasteiger partial charge is 0.258 e. The van der Waals surface area contributed by atoms with Crippen molar-refractivity contribution in [3.63, 3.8) is 0 Å². The molecule has 1 unspecified atom stereocenters. The lowest BCUT2D eigenvalue weighted by molar-refractivity contribution is -0.121. The molecule has 2 amide bonds. The van der Waals surface area contributed by atoms with Crippen LogP contribution in [0.25, 0.3) is 0 Å². The molecule has 8 heteroatoms. The summed E-state index contributed by atoms with van der Waals surface area (Å²) in [6.45, 7) is 9.78. The van der Waals surface area contributed by atoms with Crippen molar-refractivity contribution in [2.24, 2.45) is 0 Å². The molecule has 1 atom stereocenters. The van der Waals surface area contributed by atoms with Gasteiger partial charge in [0.1, 0.15) is 17.4 Å². The van der Waals surface area contributed by atoms with Gasteiger partial charge in [0.25, 0.3) is 5.91 Å². The summed E-state index contributed by atoms with van der Waals surface area (Å²) in [6, 6.07) is 6.59. The topological polar surface area (TPSA) is 85.7 Å². The van der Waals surface area contributed by atoms with Crippen LogP contribution in [-0.4, -0.2) is 57.9 Å². The van der Waals surface area contributed by atoms with Crippen molar-refractivity contribution in [2.45, 2.75) is 58.7 Å². The van der Waals surface area contributed by atoms with Crippen LogP contribution >= 0.6 is 0 Å². The molecule has 1 saturated heterocycles. The van der Waals surface area contributed by atoms with E-state index in [0.29, 0.717) is 49.6 Å². The summed E-state index contributed by atoms with van der Waals surface area (Å²) in [4.78, 5) is 28.4. The summed E-state index contributed by atoms with van der Waals surface area (Å²) >= 11 is 0. The van der Waals surface area contributed by atoms with Gasteiger partial charge in [0.2, 0.25) is 5.91 Å². The molecule has 2 aliphatic heterocycles. The van der Waals surface area contributed by atoms with Gasteiger partial charge in [0.05, 0.1) is 42.4 Å². The van der Waals surface area contributed by atoms with E-state index in [9.17, 15) is 9.59 Å². The number of aromatic nitrogens is 2. The zero-order valence-corrected chi connectivity index (χ0v) is 18.6. The standard InChI is InChI=1S/C23H30N4O4/c1-5-27-16(3)20(15(2)25-27)24-21(28)17(4)26-14-23(10-12-30-13-11-23)31-19-9-7-6-8-18(19)22(26)29/h6-9,17H,5,10-14H2,1-4H3,(H,24,28). The Hall–Kier alpha value is -2.87. The number of amides is 2. The number of carbonyl (C=O) groups excluding carboxylic acids is 2. The van der Waals surface area contributed by atoms with Crippen molar-refractivity contribution in [3.8, 4) is 5.75 Å². The van der Waals surface area contributed by atoms with E-state index in [1.807, 2.05) is 43.7 Å². The zero-order chi connectivity index (χ0) is 22.2. The Morgan fingerprint density at radius 2 is 1.97 bits per heavy atom. The van der Waals surface area contributed by atoms with E-state index in [0.717, 1.165) is 17.9 Å². The summed E-state index contributed by atoms with van der Waals surface area (Å²) in [7, 11) is 0. The first kappa shape index (κ1) is 21.4. The third-order valence-electron chi connectivity index (χ3n) is 6.34. The summed E-state index contributed by atoms with van der Waals surface area (Å²) in [5.41, 5.74) is 2.29. The summed E-state index contributed by atoms with van der Waals surface area (Å²) in [5.74, 6) is 0.136. The van der Waals surface area contributed by atoms with Crippen LogP contribution in [0.2, 0.25) is 0 Å². The number of benzene rings is 1. The first-order valence-electron chi connectivity index (χ1n) is 10.9. The number of nitrogens with one attached hydrogen (secondary N) is 1. The normalized spacial score (nSPS) is 18.8. The Balaban J connectivity index is 1.64. The van der Waals surface area contributed by atoms with Gasteiger partial charge >= 0.3 is 0 Å². The maximum Gasteiger partial charge on any atom is 0.258 e. The zero-order valence-electron chi connectivity index (χ0n) is 18.6. The predicted octanol–water partition coefficient (Wildman–Crippen LogP) is 2.93. The molecule has 0 radical (unpaired) electrons. The van der Waals surface area contributed by atoms with Gasteiger partial charge in [-0.05, 0) is 39.8 Å². The summed E-state index contributed by atoms with van der Waals surface area (Å²) < 4.78 is 13.8. The molecule has 1 spiro atoms. The van der Waals surface area contributed by atoms with Crippen molar-refractivity contribution >= 4 is 17.5 Å². The molecule has 2 aliphatic rings. The van der Waals surface area contributed by atoms with E-state index >= 15 is 0 Å². The highest BCUT2D eigenvalue weighted by Gasteiger charge is 2.44. The highest BCUT2D eigenvalue weighted by Crippen LogP contribution is 2.36. The average molecular weight is 427 g/mol. The van der Waals surface area contributed by atoms with Crippen LogP contribution in [0, 0.1) is 13.8 Å². The number of rotatable bonds is 4. The molecule has 1 fully saturated rings. The maximum absolute atomic E-state index is 13.5. The van der Waals surface area contributed by atoms with E-state index in [4.69, 9.17) is 9.47 Å². The third kappa shape index (κ3) is 3.92. The minimum Gasteiger partial charge on any atom is -0.484 e. The van der Waals surface area contributed by atoms with Crippen LogP contribution in [0.4, 0.5) is 5.69 Å². The molecule has 0 aliphatic carbocycles. The second-order valence-corrected chi connectivity index (χ2v) is 8.35. The van der Waals surface area contributed by atoms with E-state index < -0.39 is 11.6 Å². The van der Waals surface area contributed by atoms with Crippen molar-refractivity contribution < 1.29 is 19.1 Å². The Labute approximate surface area is 182 Å². The van der Waals surface area contributed by atoms with Gasteiger partial charge < -0.3 is 19.7 Å². The largest absolute Gasteiger partial charge is 0.484 e. The second-order valence-electron chi connectivity index (χ2n) is 8.35. The number of hydrogen-bond acceptors (Lipinski definition) is 5.